The highest BCUT2D eigenvalue weighted by atomic mass is 16.5. The average molecular weight is 266 g/mol. The molecule has 102 valence electrons. The quantitative estimate of drug-likeness (QED) is 0.575. The second-order valence-electron chi connectivity index (χ2n) is 6.27. The zero-order valence-electron chi connectivity index (χ0n) is 12.0. The van der Waals surface area contributed by atoms with E-state index in [1.165, 1.54) is 5.56 Å². The van der Waals surface area contributed by atoms with E-state index in [0.29, 0.717) is 5.75 Å². The molecular formula is C18H18O2. The fraction of sp³-hybridized carbons (Fsp3) is 0.278. The van der Waals surface area contributed by atoms with Crippen LogP contribution < -0.4 is 4.74 Å². The summed E-state index contributed by atoms with van der Waals surface area (Å²) in [4.78, 5) is 12.2. The molecule has 2 nitrogen and oxygen atoms in total. The molecule has 2 aromatic carbocycles. The van der Waals surface area contributed by atoms with Crippen LogP contribution in [0, 0.1) is 0 Å². The number of hydrogen-bond donors (Lipinski definition) is 0. The molecule has 2 aromatic rings. The lowest BCUT2D eigenvalue weighted by Gasteiger charge is -2.19. The summed E-state index contributed by atoms with van der Waals surface area (Å²) in [7, 11) is 0. The zero-order chi connectivity index (χ0) is 14.3. The Labute approximate surface area is 119 Å². The van der Waals surface area contributed by atoms with Crippen molar-refractivity contribution in [1.82, 2.24) is 0 Å². The van der Waals surface area contributed by atoms with E-state index in [-0.39, 0.29) is 17.3 Å². The molecule has 0 aromatic heterocycles. The van der Waals surface area contributed by atoms with E-state index in [9.17, 15) is 4.79 Å². The fourth-order valence-electron chi connectivity index (χ4n) is 2.58. The van der Waals surface area contributed by atoms with E-state index in [1.54, 1.807) is 0 Å². The van der Waals surface area contributed by atoms with Crippen molar-refractivity contribution in [3.05, 3.63) is 65.2 Å². The van der Waals surface area contributed by atoms with Crippen molar-refractivity contribution in [1.29, 1.82) is 0 Å². The summed E-state index contributed by atoms with van der Waals surface area (Å²) in [6.07, 6.45) is 0. The number of esters is 1. The third-order valence-corrected chi connectivity index (χ3v) is 3.77. The van der Waals surface area contributed by atoms with Gasteiger partial charge in [0.25, 0.3) is 0 Å². The third kappa shape index (κ3) is 2.11. The van der Waals surface area contributed by atoms with Gasteiger partial charge in [0.05, 0.1) is 0 Å². The SMILES string of the molecule is CC(C)(C)c1ccc2c(c1)OC(=O)C2c1ccccc1. The van der Waals surface area contributed by atoms with Crippen molar-refractivity contribution < 1.29 is 9.53 Å². The number of fused-ring (bicyclic) bond motifs is 1. The molecule has 0 aliphatic carbocycles. The predicted molar refractivity (Wildman–Crippen MR) is 79.1 cm³/mol. The fourth-order valence-corrected chi connectivity index (χ4v) is 2.58. The van der Waals surface area contributed by atoms with Gasteiger partial charge in [-0.25, -0.2) is 0 Å². The first kappa shape index (κ1) is 12.9. The first-order valence-corrected chi connectivity index (χ1v) is 6.88. The maximum Gasteiger partial charge on any atom is 0.323 e. The molecule has 0 amide bonds. The summed E-state index contributed by atoms with van der Waals surface area (Å²) in [6.45, 7) is 6.46. The molecule has 0 N–H and O–H groups in total. The van der Waals surface area contributed by atoms with Gasteiger partial charge in [-0.15, -0.1) is 0 Å². The number of benzene rings is 2. The van der Waals surface area contributed by atoms with Gasteiger partial charge in [-0.05, 0) is 22.6 Å². The second-order valence-corrected chi connectivity index (χ2v) is 6.27. The molecular weight excluding hydrogens is 248 g/mol. The molecule has 0 spiro atoms. The van der Waals surface area contributed by atoms with Gasteiger partial charge in [0, 0.05) is 5.56 Å². The van der Waals surface area contributed by atoms with Crippen LogP contribution in [-0.2, 0) is 10.2 Å². The highest BCUT2D eigenvalue weighted by molar-refractivity contribution is 5.89. The van der Waals surface area contributed by atoms with Crippen LogP contribution in [0.4, 0.5) is 0 Å². The normalized spacial score (nSPS) is 17.8. The Morgan fingerprint density at radius 2 is 1.70 bits per heavy atom. The van der Waals surface area contributed by atoms with Gasteiger partial charge in [0.15, 0.2) is 0 Å². The van der Waals surface area contributed by atoms with Crippen LogP contribution in [0.25, 0.3) is 0 Å². The van der Waals surface area contributed by atoms with Crippen molar-refractivity contribution in [2.75, 3.05) is 0 Å². The Kier molecular flexibility index (Phi) is 2.89. The number of hydrogen-bond acceptors (Lipinski definition) is 2. The van der Waals surface area contributed by atoms with Crippen molar-refractivity contribution in [2.24, 2.45) is 0 Å². The van der Waals surface area contributed by atoms with Crippen molar-refractivity contribution >= 4 is 5.97 Å². The Morgan fingerprint density at radius 3 is 2.35 bits per heavy atom. The monoisotopic (exact) mass is 266 g/mol. The molecule has 2 heteroatoms. The van der Waals surface area contributed by atoms with Gasteiger partial charge < -0.3 is 4.74 Å². The molecule has 0 saturated carbocycles. The summed E-state index contributed by atoms with van der Waals surface area (Å²) >= 11 is 0. The molecule has 0 bridgehead atoms. The predicted octanol–water partition coefficient (Wildman–Crippen LogP) is 4.04. The number of carbonyl (C=O) groups excluding carboxylic acids is 1. The maximum atomic E-state index is 12.2. The Bertz CT molecular complexity index is 651. The van der Waals surface area contributed by atoms with Gasteiger partial charge in [0.2, 0.25) is 0 Å². The van der Waals surface area contributed by atoms with E-state index >= 15 is 0 Å². The van der Waals surface area contributed by atoms with Crippen molar-refractivity contribution in [3.8, 4) is 5.75 Å². The summed E-state index contributed by atoms with van der Waals surface area (Å²) in [5, 5.41) is 0. The van der Waals surface area contributed by atoms with Gasteiger partial charge in [-0.2, -0.15) is 0 Å². The molecule has 3 rings (SSSR count). The lowest BCUT2D eigenvalue weighted by molar-refractivity contribution is -0.133. The number of rotatable bonds is 1. The van der Waals surface area contributed by atoms with E-state index in [2.05, 4.69) is 26.8 Å². The summed E-state index contributed by atoms with van der Waals surface area (Å²) in [5.41, 5.74) is 3.18. The van der Waals surface area contributed by atoms with Crippen LogP contribution in [0.15, 0.2) is 48.5 Å². The van der Waals surface area contributed by atoms with Gasteiger partial charge >= 0.3 is 5.97 Å². The molecule has 1 heterocycles. The Morgan fingerprint density at radius 1 is 1.00 bits per heavy atom. The van der Waals surface area contributed by atoms with E-state index in [4.69, 9.17) is 4.74 Å². The molecule has 0 radical (unpaired) electrons. The highest BCUT2D eigenvalue weighted by Gasteiger charge is 2.35. The first-order chi connectivity index (χ1) is 9.47. The summed E-state index contributed by atoms with van der Waals surface area (Å²) in [5.74, 6) is 0.230. The van der Waals surface area contributed by atoms with Crippen molar-refractivity contribution in [2.45, 2.75) is 32.1 Å². The van der Waals surface area contributed by atoms with Crippen LogP contribution in [0.5, 0.6) is 5.75 Å². The minimum atomic E-state index is -0.291. The topological polar surface area (TPSA) is 26.3 Å². The molecule has 1 unspecified atom stereocenters. The Balaban J connectivity index is 2.06. The van der Waals surface area contributed by atoms with E-state index in [0.717, 1.165) is 11.1 Å². The molecule has 1 aliphatic rings. The number of ether oxygens (including phenoxy) is 1. The number of carbonyl (C=O) groups is 1. The highest BCUT2D eigenvalue weighted by Crippen LogP contribution is 2.41. The van der Waals surface area contributed by atoms with E-state index < -0.39 is 0 Å². The molecule has 0 saturated heterocycles. The molecule has 1 atom stereocenters. The van der Waals surface area contributed by atoms with E-state index in [1.807, 2.05) is 42.5 Å². The molecule has 1 aliphatic heterocycles. The second kappa shape index (κ2) is 4.48. The van der Waals surface area contributed by atoms with Gasteiger partial charge in [-0.3, -0.25) is 4.79 Å². The van der Waals surface area contributed by atoms with Crippen molar-refractivity contribution in [3.63, 3.8) is 0 Å². The molecule has 0 fully saturated rings. The summed E-state index contributed by atoms with van der Waals surface area (Å²) < 4.78 is 5.47. The standard InChI is InChI=1S/C18H18O2/c1-18(2,3)13-9-10-14-15(11-13)20-17(19)16(14)12-7-5-4-6-8-12/h4-11,16H,1-3H3. The average Bonchev–Trinajstić information content (AvgIpc) is 2.73. The Hall–Kier alpha value is -2.09. The van der Waals surface area contributed by atoms with Crippen LogP contribution in [0.2, 0.25) is 0 Å². The first-order valence-electron chi connectivity index (χ1n) is 6.88. The van der Waals surface area contributed by atoms with Crippen LogP contribution >= 0.6 is 0 Å². The minimum absolute atomic E-state index is 0.0479. The lowest BCUT2D eigenvalue weighted by Crippen LogP contribution is -2.11. The smallest absolute Gasteiger partial charge is 0.323 e. The third-order valence-electron chi connectivity index (χ3n) is 3.77. The largest absolute Gasteiger partial charge is 0.425 e. The molecule has 20 heavy (non-hydrogen) atoms. The zero-order valence-corrected chi connectivity index (χ0v) is 12.0. The van der Waals surface area contributed by atoms with Crippen LogP contribution in [0.3, 0.4) is 0 Å². The maximum absolute atomic E-state index is 12.2. The van der Waals surface area contributed by atoms with Gasteiger partial charge in [0.1, 0.15) is 11.7 Å². The van der Waals surface area contributed by atoms with Gasteiger partial charge in [-0.1, -0.05) is 63.2 Å². The summed E-state index contributed by atoms with van der Waals surface area (Å²) in [6, 6.07) is 15.9. The minimum Gasteiger partial charge on any atom is -0.425 e. The van der Waals surface area contributed by atoms with Crippen LogP contribution in [0.1, 0.15) is 43.4 Å². The van der Waals surface area contributed by atoms with Crippen LogP contribution in [-0.4, -0.2) is 5.97 Å². The lowest BCUT2D eigenvalue weighted by atomic mass is 9.84.